The first kappa shape index (κ1) is 9.79. The van der Waals surface area contributed by atoms with Gasteiger partial charge >= 0.3 is 0 Å². The van der Waals surface area contributed by atoms with Gasteiger partial charge in [-0.25, -0.2) is 0 Å². The van der Waals surface area contributed by atoms with Crippen molar-refractivity contribution in [3.8, 4) is 0 Å². The Morgan fingerprint density at radius 1 is 0.923 bits per heavy atom. The van der Waals surface area contributed by atoms with E-state index in [0.717, 1.165) is 24.5 Å². The van der Waals surface area contributed by atoms with E-state index in [9.17, 15) is 0 Å². The van der Waals surface area contributed by atoms with Crippen molar-refractivity contribution in [3.05, 3.63) is 0 Å². The Morgan fingerprint density at radius 2 is 1.46 bits per heavy atom. The van der Waals surface area contributed by atoms with Gasteiger partial charge in [0.2, 0.25) is 0 Å². The normalized spacial score (nSPS) is 25.4. The Kier molecular flexibility index (Phi) is 3.51. The molecule has 2 aliphatic rings. The standard InChI is InChI=1S/C11H20ClN/c12-8-9-13(11-6-3-7-11)10-4-1-2-5-10/h10-11H,1-9H2. The van der Waals surface area contributed by atoms with Crippen molar-refractivity contribution in [1.82, 2.24) is 4.90 Å². The van der Waals surface area contributed by atoms with E-state index >= 15 is 0 Å². The van der Waals surface area contributed by atoms with Gasteiger partial charge in [0.05, 0.1) is 0 Å². The fraction of sp³-hybridized carbons (Fsp3) is 1.00. The van der Waals surface area contributed by atoms with E-state index in [1.165, 1.54) is 44.9 Å². The van der Waals surface area contributed by atoms with Gasteiger partial charge in [0.1, 0.15) is 0 Å². The lowest BCUT2D eigenvalue weighted by molar-refractivity contribution is 0.0886. The topological polar surface area (TPSA) is 3.24 Å². The van der Waals surface area contributed by atoms with Gasteiger partial charge in [0.15, 0.2) is 0 Å². The maximum atomic E-state index is 5.86. The van der Waals surface area contributed by atoms with Crippen LogP contribution in [0.5, 0.6) is 0 Å². The predicted octanol–water partition coefficient (Wildman–Crippen LogP) is 3.02. The Hall–Kier alpha value is 0.250. The van der Waals surface area contributed by atoms with Gasteiger partial charge in [-0.15, -0.1) is 11.6 Å². The third kappa shape index (κ3) is 2.19. The summed E-state index contributed by atoms with van der Waals surface area (Å²) in [7, 11) is 0. The molecule has 0 spiro atoms. The lowest BCUT2D eigenvalue weighted by Crippen LogP contribution is -2.46. The Morgan fingerprint density at radius 3 is 1.85 bits per heavy atom. The zero-order chi connectivity index (χ0) is 9.10. The second-order valence-corrected chi connectivity index (χ2v) is 4.83. The summed E-state index contributed by atoms with van der Waals surface area (Å²) >= 11 is 5.86. The molecule has 2 saturated carbocycles. The molecule has 0 aromatic heterocycles. The van der Waals surface area contributed by atoms with Crippen molar-refractivity contribution in [1.29, 1.82) is 0 Å². The van der Waals surface area contributed by atoms with Crippen molar-refractivity contribution < 1.29 is 0 Å². The van der Waals surface area contributed by atoms with Crippen LogP contribution in [0.1, 0.15) is 44.9 Å². The van der Waals surface area contributed by atoms with Gasteiger partial charge in [0.25, 0.3) is 0 Å². The highest BCUT2D eigenvalue weighted by atomic mass is 35.5. The number of hydrogen-bond acceptors (Lipinski definition) is 1. The highest BCUT2D eigenvalue weighted by Crippen LogP contribution is 2.32. The largest absolute Gasteiger partial charge is 0.296 e. The summed E-state index contributed by atoms with van der Waals surface area (Å²) in [6, 6.07) is 1.77. The van der Waals surface area contributed by atoms with Crippen LogP contribution in [0.2, 0.25) is 0 Å². The van der Waals surface area contributed by atoms with Crippen LogP contribution in [0.15, 0.2) is 0 Å². The van der Waals surface area contributed by atoms with Crippen molar-refractivity contribution in [3.63, 3.8) is 0 Å². The van der Waals surface area contributed by atoms with E-state index in [1.54, 1.807) is 0 Å². The van der Waals surface area contributed by atoms with E-state index in [4.69, 9.17) is 11.6 Å². The summed E-state index contributed by atoms with van der Waals surface area (Å²) in [5.74, 6) is 0.812. The molecule has 0 atom stereocenters. The van der Waals surface area contributed by atoms with Crippen molar-refractivity contribution in [2.24, 2.45) is 0 Å². The molecule has 0 heterocycles. The van der Waals surface area contributed by atoms with E-state index < -0.39 is 0 Å². The van der Waals surface area contributed by atoms with Gasteiger partial charge in [-0.3, -0.25) is 4.90 Å². The minimum absolute atomic E-state index is 0.812. The number of hydrogen-bond donors (Lipinski definition) is 0. The maximum Gasteiger partial charge on any atom is 0.0351 e. The summed E-state index contributed by atoms with van der Waals surface area (Å²) in [5, 5.41) is 0. The van der Waals surface area contributed by atoms with Gasteiger partial charge in [-0.05, 0) is 25.7 Å². The van der Waals surface area contributed by atoms with Crippen LogP contribution in [0.4, 0.5) is 0 Å². The molecule has 0 bridgehead atoms. The molecular formula is C11H20ClN. The first-order valence-corrected chi connectivity index (χ1v) is 6.27. The monoisotopic (exact) mass is 201 g/mol. The van der Waals surface area contributed by atoms with Gasteiger partial charge in [-0.1, -0.05) is 19.3 Å². The summed E-state index contributed by atoms with van der Waals surface area (Å²) in [6.45, 7) is 1.12. The molecule has 13 heavy (non-hydrogen) atoms. The van der Waals surface area contributed by atoms with Gasteiger partial charge in [0, 0.05) is 24.5 Å². The fourth-order valence-electron chi connectivity index (χ4n) is 2.72. The summed E-state index contributed by atoms with van der Waals surface area (Å²) in [6.07, 6.45) is 10.0. The maximum absolute atomic E-state index is 5.86. The second kappa shape index (κ2) is 4.65. The van der Waals surface area contributed by atoms with Crippen LogP contribution in [0.25, 0.3) is 0 Å². The molecule has 0 aliphatic heterocycles. The molecule has 0 N–H and O–H groups in total. The Labute approximate surface area is 86.4 Å². The van der Waals surface area contributed by atoms with Crippen molar-refractivity contribution in [2.75, 3.05) is 12.4 Å². The summed E-state index contributed by atoms with van der Waals surface area (Å²) < 4.78 is 0. The van der Waals surface area contributed by atoms with Crippen LogP contribution in [-0.2, 0) is 0 Å². The number of nitrogens with zero attached hydrogens (tertiary/aromatic N) is 1. The molecule has 1 nitrogen and oxygen atoms in total. The third-order valence-electron chi connectivity index (χ3n) is 3.68. The summed E-state index contributed by atoms with van der Waals surface area (Å²) in [4.78, 5) is 2.70. The number of alkyl halides is 1. The van der Waals surface area contributed by atoms with Crippen LogP contribution in [-0.4, -0.2) is 29.4 Å². The molecule has 76 valence electrons. The van der Waals surface area contributed by atoms with Crippen LogP contribution in [0.3, 0.4) is 0 Å². The summed E-state index contributed by atoms with van der Waals surface area (Å²) in [5.41, 5.74) is 0. The molecular weight excluding hydrogens is 182 g/mol. The molecule has 2 rings (SSSR count). The molecule has 2 fully saturated rings. The highest BCUT2D eigenvalue weighted by Gasteiger charge is 2.31. The molecule has 0 aromatic carbocycles. The lowest BCUT2D eigenvalue weighted by atomic mass is 9.90. The van der Waals surface area contributed by atoms with Crippen molar-refractivity contribution >= 4 is 11.6 Å². The average Bonchev–Trinajstić information content (AvgIpc) is 2.51. The quantitative estimate of drug-likeness (QED) is 0.633. The van der Waals surface area contributed by atoms with E-state index in [0.29, 0.717) is 0 Å². The molecule has 0 amide bonds. The Bertz CT molecular complexity index is 150. The molecule has 0 unspecified atom stereocenters. The first-order chi connectivity index (χ1) is 6.42. The minimum atomic E-state index is 0.812. The molecule has 2 heteroatoms. The van der Waals surface area contributed by atoms with E-state index in [1.807, 2.05) is 0 Å². The SMILES string of the molecule is ClCCN(C1CCCC1)C1CCC1. The van der Waals surface area contributed by atoms with E-state index in [2.05, 4.69) is 4.90 Å². The first-order valence-electron chi connectivity index (χ1n) is 5.73. The van der Waals surface area contributed by atoms with Gasteiger partial charge < -0.3 is 0 Å². The Balaban J connectivity index is 1.86. The van der Waals surface area contributed by atoms with E-state index in [-0.39, 0.29) is 0 Å². The predicted molar refractivity (Wildman–Crippen MR) is 57.3 cm³/mol. The molecule has 2 aliphatic carbocycles. The molecule has 0 aromatic rings. The fourth-order valence-corrected chi connectivity index (χ4v) is 2.91. The average molecular weight is 202 g/mol. The van der Waals surface area contributed by atoms with Crippen LogP contribution < -0.4 is 0 Å². The molecule has 0 radical (unpaired) electrons. The van der Waals surface area contributed by atoms with Crippen molar-refractivity contribution in [2.45, 2.75) is 57.0 Å². The zero-order valence-corrected chi connectivity index (χ0v) is 9.10. The van der Waals surface area contributed by atoms with Crippen LogP contribution in [0, 0.1) is 0 Å². The lowest BCUT2D eigenvalue weighted by Gasteiger charge is -2.41. The third-order valence-corrected chi connectivity index (χ3v) is 3.85. The number of rotatable bonds is 4. The minimum Gasteiger partial charge on any atom is -0.296 e. The van der Waals surface area contributed by atoms with Gasteiger partial charge in [-0.2, -0.15) is 0 Å². The molecule has 0 saturated heterocycles. The highest BCUT2D eigenvalue weighted by molar-refractivity contribution is 6.18. The number of halogens is 1. The second-order valence-electron chi connectivity index (χ2n) is 4.45. The van der Waals surface area contributed by atoms with Crippen LogP contribution >= 0.6 is 11.6 Å². The zero-order valence-electron chi connectivity index (χ0n) is 8.34. The smallest absolute Gasteiger partial charge is 0.0351 e.